The van der Waals surface area contributed by atoms with E-state index < -0.39 is 0 Å². The molecule has 0 atom stereocenters. The van der Waals surface area contributed by atoms with Crippen molar-refractivity contribution in [2.75, 3.05) is 0 Å². The number of hydrogen-bond donors (Lipinski definition) is 1. The molecule has 4 heteroatoms. The highest BCUT2D eigenvalue weighted by Crippen LogP contribution is 2.28. The molecule has 1 amide bonds. The van der Waals surface area contributed by atoms with Gasteiger partial charge in [-0.05, 0) is 32.8 Å². The number of nitrogens with zero attached hydrogens (tertiary/aromatic N) is 2. The van der Waals surface area contributed by atoms with Crippen molar-refractivity contribution in [2.24, 2.45) is 0 Å². The van der Waals surface area contributed by atoms with Gasteiger partial charge in [0.2, 0.25) is 0 Å². The van der Waals surface area contributed by atoms with E-state index in [4.69, 9.17) is 0 Å². The lowest BCUT2D eigenvalue weighted by atomic mass is 10.3. The topological polar surface area (TPSA) is 46.9 Å². The fourth-order valence-electron chi connectivity index (χ4n) is 2.17. The fourth-order valence-corrected chi connectivity index (χ4v) is 2.17. The quantitative estimate of drug-likeness (QED) is 0.850. The predicted octanol–water partition coefficient (Wildman–Crippen LogP) is 2.14. The van der Waals surface area contributed by atoms with Crippen molar-refractivity contribution in [3.8, 4) is 0 Å². The van der Waals surface area contributed by atoms with E-state index in [1.807, 2.05) is 24.7 Å². The summed E-state index contributed by atoms with van der Waals surface area (Å²) in [6, 6.07) is 2.46. The van der Waals surface area contributed by atoms with Crippen LogP contribution in [-0.4, -0.2) is 21.7 Å². The second kappa shape index (κ2) is 4.68. The van der Waals surface area contributed by atoms with E-state index in [0.717, 1.165) is 0 Å². The molecule has 16 heavy (non-hydrogen) atoms. The van der Waals surface area contributed by atoms with Crippen molar-refractivity contribution in [2.45, 2.75) is 51.6 Å². The zero-order valence-electron chi connectivity index (χ0n) is 9.94. The lowest BCUT2D eigenvalue weighted by molar-refractivity contribution is 0.0937. The van der Waals surface area contributed by atoms with Crippen LogP contribution in [0, 0.1) is 0 Å². The minimum absolute atomic E-state index is 0.0771. The largest absolute Gasteiger partial charge is 0.348 e. The van der Waals surface area contributed by atoms with Gasteiger partial charge in [0.1, 0.15) is 5.69 Å². The summed E-state index contributed by atoms with van der Waals surface area (Å²) in [5, 5.41) is 7.20. The number of hydrogen-bond acceptors (Lipinski definition) is 2. The molecule has 2 rings (SSSR count). The van der Waals surface area contributed by atoms with E-state index in [2.05, 4.69) is 10.4 Å². The average Bonchev–Trinajstić information content (AvgIpc) is 2.87. The molecule has 0 bridgehead atoms. The van der Waals surface area contributed by atoms with E-state index in [1.165, 1.54) is 25.7 Å². The fraction of sp³-hybridized carbons (Fsp3) is 0.667. The molecule has 1 aromatic heterocycles. The molecule has 1 aliphatic rings. The third-order valence-electron chi connectivity index (χ3n) is 2.96. The van der Waals surface area contributed by atoms with Gasteiger partial charge in [0.05, 0.1) is 6.04 Å². The van der Waals surface area contributed by atoms with Crippen LogP contribution in [0.1, 0.15) is 56.1 Å². The van der Waals surface area contributed by atoms with Crippen LogP contribution in [0.2, 0.25) is 0 Å². The normalized spacial score (nSPS) is 16.9. The summed E-state index contributed by atoms with van der Waals surface area (Å²) in [5.41, 5.74) is 0.528. The van der Waals surface area contributed by atoms with Gasteiger partial charge >= 0.3 is 0 Å². The van der Waals surface area contributed by atoms with Gasteiger partial charge in [-0.1, -0.05) is 12.8 Å². The van der Waals surface area contributed by atoms with Gasteiger partial charge in [-0.25, -0.2) is 0 Å². The molecular formula is C12H19N3O. The Morgan fingerprint density at radius 1 is 1.50 bits per heavy atom. The highest BCUT2D eigenvalue weighted by molar-refractivity contribution is 5.92. The lowest BCUT2D eigenvalue weighted by Crippen LogP contribution is -2.30. The van der Waals surface area contributed by atoms with Crippen molar-refractivity contribution in [3.63, 3.8) is 0 Å². The Hall–Kier alpha value is -1.32. The molecule has 4 nitrogen and oxygen atoms in total. The molecule has 1 aromatic rings. The summed E-state index contributed by atoms with van der Waals surface area (Å²) in [7, 11) is 0. The standard InChI is InChI=1S/C12H19N3O/c1-9(2)13-12(16)11-7-8-15(14-11)10-5-3-4-6-10/h7-10H,3-6H2,1-2H3,(H,13,16). The smallest absolute Gasteiger partial charge is 0.271 e. The van der Waals surface area contributed by atoms with Crippen LogP contribution in [0.25, 0.3) is 0 Å². The van der Waals surface area contributed by atoms with Gasteiger partial charge in [0.25, 0.3) is 5.91 Å². The molecule has 0 radical (unpaired) electrons. The number of carbonyl (C=O) groups excluding carboxylic acids is 1. The first-order valence-electron chi connectivity index (χ1n) is 6.03. The van der Waals surface area contributed by atoms with E-state index in [0.29, 0.717) is 11.7 Å². The van der Waals surface area contributed by atoms with Gasteiger partial charge in [-0.2, -0.15) is 5.10 Å². The van der Waals surface area contributed by atoms with Crippen LogP contribution >= 0.6 is 0 Å². The number of aromatic nitrogens is 2. The van der Waals surface area contributed by atoms with E-state index in [1.54, 1.807) is 6.07 Å². The van der Waals surface area contributed by atoms with Gasteiger partial charge in [0.15, 0.2) is 0 Å². The maximum absolute atomic E-state index is 11.7. The van der Waals surface area contributed by atoms with Gasteiger partial charge < -0.3 is 5.32 Å². The van der Waals surface area contributed by atoms with Gasteiger partial charge in [-0.15, -0.1) is 0 Å². The summed E-state index contributed by atoms with van der Waals surface area (Å²) < 4.78 is 1.95. The molecular weight excluding hydrogens is 202 g/mol. The maximum atomic E-state index is 11.7. The van der Waals surface area contributed by atoms with Crippen molar-refractivity contribution in [1.29, 1.82) is 0 Å². The Balaban J connectivity index is 2.03. The summed E-state index contributed by atoms with van der Waals surface area (Å²) >= 11 is 0. The van der Waals surface area contributed by atoms with Crippen LogP contribution in [0.5, 0.6) is 0 Å². The van der Waals surface area contributed by atoms with Crippen LogP contribution in [0.3, 0.4) is 0 Å². The molecule has 0 aromatic carbocycles. The van der Waals surface area contributed by atoms with Crippen LogP contribution < -0.4 is 5.32 Å². The highest BCUT2D eigenvalue weighted by Gasteiger charge is 2.19. The monoisotopic (exact) mass is 221 g/mol. The molecule has 0 saturated heterocycles. The molecule has 88 valence electrons. The van der Waals surface area contributed by atoms with Gasteiger partial charge in [0, 0.05) is 12.2 Å². The van der Waals surface area contributed by atoms with Crippen LogP contribution in [0.15, 0.2) is 12.3 Å². The Labute approximate surface area is 96.0 Å². The van der Waals surface area contributed by atoms with E-state index >= 15 is 0 Å². The third kappa shape index (κ3) is 2.43. The van der Waals surface area contributed by atoms with Crippen molar-refractivity contribution >= 4 is 5.91 Å². The Kier molecular flexibility index (Phi) is 3.27. The minimum atomic E-state index is -0.0771. The molecule has 1 fully saturated rings. The molecule has 1 aliphatic carbocycles. The second-order valence-electron chi connectivity index (χ2n) is 4.75. The van der Waals surface area contributed by atoms with E-state index in [-0.39, 0.29) is 11.9 Å². The molecule has 1 saturated carbocycles. The average molecular weight is 221 g/mol. The summed E-state index contributed by atoms with van der Waals surface area (Å²) in [6.45, 7) is 3.90. The molecule has 0 unspecified atom stereocenters. The highest BCUT2D eigenvalue weighted by atomic mass is 16.2. The Bertz CT molecular complexity index is 364. The zero-order valence-corrected chi connectivity index (χ0v) is 9.94. The van der Waals surface area contributed by atoms with Crippen LogP contribution in [-0.2, 0) is 0 Å². The van der Waals surface area contributed by atoms with Crippen molar-refractivity contribution < 1.29 is 4.79 Å². The predicted molar refractivity (Wildman–Crippen MR) is 62.3 cm³/mol. The van der Waals surface area contributed by atoms with Crippen LogP contribution in [0.4, 0.5) is 0 Å². The first-order valence-corrected chi connectivity index (χ1v) is 6.03. The van der Waals surface area contributed by atoms with Gasteiger partial charge in [-0.3, -0.25) is 9.48 Å². The summed E-state index contributed by atoms with van der Waals surface area (Å²) in [5.74, 6) is -0.0771. The third-order valence-corrected chi connectivity index (χ3v) is 2.96. The number of nitrogens with one attached hydrogen (secondary N) is 1. The SMILES string of the molecule is CC(C)NC(=O)c1ccn(C2CCCC2)n1. The number of rotatable bonds is 3. The molecule has 0 aliphatic heterocycles. The molecule has 1 N–H and O–H groups in total. The first kappa shape index (κ1) is 11.2. The maximum Gasteiger partial charge on any atom is 0.271 e. The minimum Gasteiger partial charge on any atom is -0.348 e. The summed E-state index contributed by atoms with van der Waals surface area (Å²) in [4.78, 5) is 11.7. The van der Waals surface area contributed by atoms with Crippen molar-refractivity contribution in [1.82, 2.24) is 15.1 Å². The van der Waals surface area contributed by atoms with E-state index in [9.17, 15) is 4.79 Å². The first-order chi connectivity index (χ1) is 7.66. The number of carbonyl (C=O) groups is 1. The number of amides is 1. The molecule has 1 heterocycles. The van der Waals surface area contributed by atoms with Crippen molar-refractivity contribution in [3.05, 3.63) is 18.0 Å². The second-order valence-corrected chi connectivity index (χ2v) is 4.75. The lowest BCUT2D eigenvalue weighted by Gasteiger charge is -2.09. The summed E-state index contributed by atoms with van der Waals surface area (Å²) in [6.07, 6.45) is 6.85. The zero-order chi connectivity index (χ0) is 11.5. The Morgan fingerprint density at radius 3 is 2.81 bits per heavy atom. The Morgan fingerprint density at radius 2 is 2.19 bits per heavy atom. The molecule has 0 spiro atoms.